The first-order valence-corrected chi connectivity index (χ1v) is 12.3. The molecule has 9 heteroatoms. The highest BCUT2D eigenvalue weighted by Gasteiger charge is 2.43. The molecule has 1 aliphatic rings. The first-order valence-electron chi connectivity index (χ1n) is 10.7. The molecule has 1 heterocycles. The molecule has 8 nitrogen and oxygen atoms in total. The number of alkyl carbamates (subject to hydrolysis) is 1. The zero-order valence-corrected chi connectivity index (χ0v) is 20.0. The molecule has 3 aromatic carbocycles. The number of amides is 1. The van der Waals surface area contributed by atoms with Crippen molar-refractivity contribution in [2.24, 2.45) is 0 Å². The molecule has 1 amide bonds. The van der Waals surface area contributed by atoms with E-state index >= 15 is 0 Å². The van der Waals surface area contributed by atoms with E-state index < -0.39 is 25.1 Å². The van der Waals surface area contributed by atoms with Crippen molar-refractivity contribution in [1.29, 1.82) is 0 Å². The van der Waals surface area contributed by atoms with Crippen molar-refractivity contribution in [1.82, 2.24) is 5.32 Å². The molecule has 0 spiro atoms. The third kappa shape index (κ3) is 5.83. The van der Waals surface area contributed by atoms with E-state index in [1.807, 2.05) is 12.1 Å². The monoisotopic (exact) mass is 483 g/mol. The van der Waals surface area contributed by atoms with Crippen LogP contribution in [0.4, 0.5) is 4.79 Å². The molecule has 4 rings (SSSR count). The second kappa shape index (κ2) is 9.69. The summed E-state index contributed by atoms with van der Waals surface area (Å²) >= 11 is 0. The predicted molar refractivity (Wildman–Crippen MR) is 126 cm³/mol. The van der Waals surface area contributed by atoms with Crippen molar-refractivity contribution in [3.05, 3.63) is 84.4 Å². The van der Waals surface area contributed by atoms with Gasteiger partial charge in [0.05, 0.1) is 0 Å². The Labute approximate surface area is 198 Å². The Morgan fingerprint density at radius 1 is 0.882 bits per heavy atom. The van der Waals surface area contributed by atoms with Crippen molar-refractivity contribution >= 4 is 13.7 Å². The normalized spacial score (nSPS) is 13.6. The van der Waals surface area contributed by atoms with Crippen LogP contribution in [-0.4, -0.2) is 18.5 Å². The lowest BCUT2D eigenvalue weighted by Gasteiger charge is -2.29. The molecular formula is C25H26NO7P. The number of nitrogens with one attached hydrogen (secondary N) is 1. The van der Waals surface area contributed by atoms with Crippen LogP contribution < -0.4 is 23.8 Å². The van der Waals surface area contributed by atoms with Gasteiger partial charge in [-0.3, -0.25) is 0 Å². The summed E-state index contributed by atoms with van der Waals surface area (Å²) in [6.45, 7) is 5.29. The number of benzene rings is 3. The summed E-state index contributed by atoms with van der Waals surface area (Å²) < 4.78 is 42.7. The molecule has 1 unspecified atom stereocenters. The molecule has 0 radical (unpaired) electrons. The Morgan fingerprint density at radius 3 is 2.00 bits per heavy atom. The Morgan fingerprint density at radius 2 is 1.44 bits per heavy atom. The Kier molecular flexibility index (Phi) is 6.70. The number of carbonyl (C=O) groups excluding carboxylic acids is 1. The standard InChI is InChI=1S/C25H26NO7P/c1-25(2,3)31-24(27)26-23(18-14-15-21-22(16-18)30-17-29-21)34(28,32-19-10-6-4-7-11-19)33-20-12-8-5-9-13-20/h4-16,23H,17H2,1-3H3,(H,26,27). The lowest BCUT2D eigenvalue weighted by Crippen LogP contribution is -2.36. The molecule has 0 aromatic heterocycles. The van der Waals surface area contributed by atoms with Gasteiger partial charge in [0.1, 0.15) is 17.1 Å². The second-order valence-electron chi connectivity index (χ2n) is 8.51. The predicted octanol–water partition coefficient (Wildman–Crippen LogP) is 6.29. The van der Waals surface area contributed by atoms with E-state index in [4.69, 9.17) is 23.3 Å². The third-order valence-electron chi connectivity index (χ3n) is 4.63. The van der Waals surface area contributed by atoms with Crippen LogP contribution in [0.2, 0.25) is 0 Å². The highest BCUT2D eigenvalue weighted by molar-refractivity contribution is 7.55. The highest BCUT2D eigenvalue weighted by atomic mass is 31.2. The zero-order valence-electron chi connectivity index (χ0n) is 19.1. The SMILES string of the molecule is CC(C)(C)OC(=O)NC(c1ccc2c(c1)OCO2)P(=O)(Oc1ccccc1)Oc1ccccc1. The number of hydrogen-bond acceptors (Lipinski definition) is 7. The fourth-order valence-electron chi connectivity index (χ4n) is 3.23. The van der Waals surface area contributed by atoms with Crippen LogP contribution in [0.3, 0.4) is 0 Å². The van der Waals surface area contributed by atoms with Crippen molar-refractivity contribution in [2.75, 3.05) is 6.79 Å². The lowest BCUT2D eigenvalue weighted by atomic mass is 10.2. The van der Waals surface area contributed by atoms with Gasteiger partial charge in [-0.1, -0.05) is 42.5 Å². The average molecular weight is 483 g/mol. The number of rotatable bonds is 7. The van der Waals surface area contributed by atoms with E-state index in [1.165, 1.54) is 0 Å². The van der Waals surface area contributed by atoms with Crippen LogP contribution in [0.5, 0.6) is 23.0 Å². The van der Waals surface area contributed by atoms with Gasteiger partial charge in [-0.15, -0.1) is 0 Å². The van der Waals surface area contributed by atoms with E-state index in [-0.39, 0.29) is 6.79 Å². The van der Waals surface area contributed by atoms with Crippen LogP contribution in [0.15, 0.2) is 78.9 Å². The van der Waals surface area contributed by atoms with Crippen molar-refractivity contribution in [3.8, 4) is 23.0 Å². The van der Waals surface area contributed by atoms with Crippen LogP contribution in [-0.2, 0) is 9.30 Å². The van der Waals surface area contributed by atoms with Gasteiger partial charge < -0.3 is 28.6 Å². The summed E-state index contributed by atoms with van der Waals surface area (Å²) in [5.74, 6) is 0.413. The van der Waals surface area contributed by atoms with Crippen LogP contribution in [0, 0.1) is 0 Å². The van der Waals surface area contributed by atoms with Crippen LogP contribution in [0.25, 0.3) is 0 Å². The van der Waals surface area contributed by atoms with Gasteiger partial charge in [-0.05, 0) is 62.7 Å². The fraction of sp³-hybridized carbons (Fsp3) is 0.240. The molecule has 1 aliphatic heterocycles. The number of para-hydroxylation sites is 2. The van der Waals surface area contributed by atoms with Crippen molar-refractivity contribution in [3.63, 3.8) is 0 Å². The molecule has 0 saturated heterocycles. The molecule has 0 saturated carbocycles. The summed E-state index contributed by atoms with van der Waals surface area (Å²) in [5, 5.41) is 2.69. The van der Waals surface area contributed by atoms with Crippen molar-refractivity contribution < 1.29 is 32.6 Å². The number of hydrogen-bond donors (Lipinski definition) is 1. The molecule has 3 aromatic rings. The first-order chi connectivity index (χ1) is 16.2. The van der Waals surface area contributed by atoms with Crippen molar-refractivity contribution in [2.45, 2.75) is 32.2 Å². The minimum Gasteiger partial charge on any atom is -0.454 e. The first kappa shape index (κ1) is 23.5. The summed E-state index contributed by atoms with van der Waals surface area (Å²) in [6.07, 6.45) is -0.774. The molecule has 178 valence electrons. The number of ether oxygens (including phenoxy) is 3. The maximum absolute atomic E-state index is 14.5. The van der Waals surface area contributed by atoms with E-state index in [2.05, 4.69) is 5.32 Å². The topological polar surface area (TPSA) is 92.3 Å². The molecule has 0 bridgehead atoms. The third-order valence-corrected chi connectivity index (χ3v) is 6.62. The fourth-order valence-corrected chi connectivity index (χ4v) is 5.10. The van der Waals surface area contributed by atoms with E-state index in [1.54, 1.807) is 87.5 Å². The van der Waals surface area contributed by atoms with E-state index in [0.29, 0.717) is 28.6 Å². The number of fused-ring (bicyclic) bond motifs is 1. The molecule has 34 heavy (non-hydrogen) atoms. The minimum absolute atomic E-state index is 0.0711. The number of carbonyl (C=O) groups is 1. The molecule has 1 N–H and O–H groups in total. The van der Waals surface area contributed by atoms with Gasteiger partial charge in [-0.25, -0.2) is 9.36 Å². The molecular weight excluding hydrogens is 457 g/mol. The maximum atomic E-state index is 14.5. The molecule has 1 atom stereocenters. The van der Waals surface area contributed by atoms with Gasteiger partial charge in [-0.2, -0.15) is 0 Å². The van der Waals surface area contributed by atoms with Gasteiger partial charge in [0.15, 0.2) is 17.3 Å². The molecule has 0 fully saturated rings. The Hall–Kier alpha value is -3.64. The quantitative estimate of drug-likeness (QED) is 0.395. The average Bonchev–Trinajstić information content (AvgIpc) is 3.25. The highest BCUT2D eigenvalue weighted by Crippen LogP contribution is 2.59. The Bertz CT molecular complexity index is 1130. The second-order valence-corrected chi connectivity index (χ2v) is 10.5. The summed E-state index contributed by atoms with van der Waals surface area (Å²) in [6, 6.07) is 22.2. The Balaban J connectivity index is 1.77. The largest absolute Gasteiger partial charge is 0.457 e. The lowest BCUT2D eigenvalue weighted by molar-refractivity contribution is 0.0514. The maximum Gasteiger partial charge on any atom is 0.457 e. The van der Waals surface area contributed by atoms with Gasteiger partial charge in [0, 0.05) is 0 Å². The molecule has 0 aliphatic carbocycles. The van der Waals surface area contributed by atoms with E-state index in [9.17, 15) is 9.36 Å². The van der Waals surface area contributed by atoms with Crippen LogP contribution in [0.1, 0.15) is 32.1 Å². The minimum atomic E-state index is -4.15. The van der Waals surface area contributed by atoms with Crippen LogP contribution >= 0.6 is 7.60 Å². The van der Waals surface area contributed by atoms with Gasteiger partial charge in [0.2, 0.25) is 6.79 Å². The van der Waals surface area contributed by atoms with Gasteiger partial charge >= 0.3 is 13.7 Å². The smallest absolute Gasteiger partial charge is 0.454 e. The van der Waals surface area contributed by atoms with E-state index in [0.717, 1.165) is 0 Å². The summed E-state index contributed by atoms with van der Waals surface area (Å²) in [7, 11) is -4.15. The zero-order chi connectivity index (χ0) is 24.2. The van der Waals surface area contributed by atoms with Gasteiger partial charge in [0.25, 0.3) is 0 Å². The summed E-state index contributed by atoms with van der Waals surface area (Å²) in [5.41, 5.74) is -0.334. The summed E-state index contributed by atoms with van der Waals surface area (Å²) in [4.78, 5) is 12.8.